The van der Waals surface area contributed by atoms with Crippen molar-refractivity contribution in [1.82, 2.24) is 58.8 Å². The number of nitrogens with one attached hydrogen (secondary N) is 3. The zero-order valence-corrected chi connectivity index (χ0v) is 74.7. The Balaban J connectivity index is 0.000000144. The average Bonchev–Trinajstić information content (AvgIpc) is 1.64. The number of anilines is 1. The fourth-order valence-corrected chi connectivity index (χ4v) is 15.3. The predicted octanol–water partition coefficient (Wildman–Crippen LogP) is 23.7. The maximum atomic E-state index is 13.4. The molecule has 30 heteroatoms. The molecular formula is C101H92Cl2F5N15O8. The zero-order valence-electron chi connectivity index (χ0n) is 73.2. The van der Waals surface area contributed by atoms with Crippen LogP contribution in [0.4, 0.5) is 39.0 Å². The number of nitrogen functional groups attached to an aromatic ring is 1. The number of halogens is 7. The first kappa shape index (κ1) is 93.7. The third-order valence-electron chi connectivity index (χ3n) is 21.6. The number of aromatic nitrogens is 10. The van der Waals surface area contributed by atoms with Gasteiger partial charge in [0.2, 0.25) is 11.8 Å². The van der Waals surface area contributed by atoms with Crippen molar-refractivity contribution in [2.45, 2.75) is 121 Å². The largest absolute Gasteiger partial charge is 0.397 e. The quantitative estimate of drug-likeness (QED) is 0.0225. The molecule has 0 unspecified atom stereocenters. The first-order valence-corrected chi connectivity index (χ1v) is 42.8. The lowest BCUT2D eigenvalue weighted by Crippen LogP contribution is -2.34. The number of hydrogen-bond acceptors (Lipinski definition) is 14. The van der Waals surface area contributed by atoms with E-state index in [0.29, 0.717) is 81.7 Å². The standard InChI is InChI=1S/2C29H29ClFN3O2.C15H12FN3O2.C15H14FN3.C13H8FN3O2/c2*1-5-34-25(20-7-9-22(31)10-8-20)15-21-12-19(17-32-27(21)34)14-26(35)23-13-18(6-11-24(23)30)16-33-28(36)29(2,3)4;1-2-18-14(10-3-5-12(16)6-4-10)8-11-7-13(19(20)21)9-17-15(11)18;1-2-19-14(10-3-5-12(16)6-4-10)8-11-7-13(17)9-18-15(11)19;14-10-3-1-8(2-4-10)12-6-9-5-11(17(18)19)7-15-13(9)16-12/h2*6-13,15,17H,5,14,16H2,1-4H3,(H,33,36);3-9H,2H2,1H3;3-9H,2,17H2,1H3;1-7H,(H,15,16). The molecule has 17 rings (SSSR count). The van der Waals surface area contributed by atoms with E-state index in [1.807, 2.05) is 109 Å². The minimum atomic E-state index is -0.496. The van der Waals surface area contributed by atoms with Crippen LogP contribution in [0.15, 0.2) is 249 Å². The van der Waals surface area contributed by atoms with Crippen LogP contribution in [0, 0.1) is 60.1 Å². The van der Waals surface area contributed by atoms with E-state index in [9.17, 15) is 61.4 Å². The molecule has 0 spiro atoms. The summed E-state index contributed by atoms with van der Waals surface area (Å²) < 4.78 is 73.9. The highest BCUT2D eigenvalue weighted by Gasteiger charge is 2.25. The van der Waals surface area contributed by atoms with Crippen molar-refractivity contribution in [2.24, 2.45) is 10.8 Å². The van der Waals surface area contributed by atoms with E-state index in [2.05, 4.69) is 61.2 Å². The first-order valence-electron chi connectivity index (χ1n) is 42.0. The predicted molar refractivity (Wildman–Crippen MR) is 504 cm³/mol. The van der Waals surface area contributed by atoms with Gasteiger partial charge in [0.1, 0.15) is 69.7 Å². The zero-order chi connectivity index (χ0) is 93.9. The summed E-state index contributed by atoms with van der Waals surface area (Å²) in [4.78, 5) is 96.1. The molecule has 0 saturated carbocycles. The Kier molecular flexibility index (Phi) is 29.1. The van der Waals surface area contributed by atoms with Crippen molar-refractivity contribution in [3.8, 4) is 56.3 Å². The molecule has 0 radical (unpaired) electrons. The van der Waals surface area contributed by atoms with Crippen molar-refractivity contribution in [2.75, 3.05) is 5.73 Å². The van der Waals surface area contributed by atoms with Gasteiger partial charge in [-0.2, -0.15) is 0 Å². The number of carbonyl (C=O) groups is 4. The van der Waals surface area contributed by atoms with Gasteiger partial charge < -0.3 is 39.6 Å². The Morgan fingerprint density at radius 3 is 1.02 bits per heavy atom. The van der Waals surface area contributed by atoms with Crippen LogP contribution in [0.3, 0.4) is 0 Å². The molecule has 10 aromatic heterocycles. The van der Waals surface area contributed by atoms with E-state index >= 15 is 0 Å². The van der Waals surface area contributed by atoms with Crippen molar-refractivity contribution >= 4 is 119 Å². The van der Waals surface area contributed by atoms with Gasteiger partial charge in [0, 0.05) is 131 Å². The molecule has 131 heavy (non-hydrogen) atoms. The van der Waals surface area contributed by atoms with Gasteiger partial charge >= 0.3 is 0 Å². The van der Waals surface area contributed by atoms with E-state index in [1.165, 1.54) is 85.2 Å². The van der Waals surface area contributed by atoms with Gasteiger partial charge in [0.05, 0.1) is 54.6 Å². The van der Waals surface area contributed by atoms with Gasteiger partial charge in [0.25, 0.3) is 11.4 Å². The molecule has 23 nitrogen and oxygen atoms in total. The number of hydrogen-bond donors (Lipinski definition) is 4. The number of nitrogens with two attached hydrogens (primary N) is 1. The molecule has 17 aromatic rings. The molecule has 0 fully saturated rings. The number of carbonyl (C=O) groups excluding carboxylic acids is 4. The second-order valence-corrected chi connectivity index (χ2v) is 33.8. The number of Topliss-reactive ketones (excluding diaryl/α,β-unsaturated/α-hetero) is 2. The fraction of sp³-hybridized carbons (Fsp3) is 0.198. The summed E-state index contributed by atoms with van der Waals surface area (Å²) in [6, 6.07) is 60.3. The maximum Gasteiger partial charge on any atom is 0.288 e. The van der Waals surface area contributed by atoms with Gasteiger partial charge in [-0.3, -0.25) is 39.4 Å². The summed E-state index contributed by atoms with van der Waals surface area (Å²) in [6.45, 7) is 22.7. The lowest BCUT2D eigenvalue weighted by molar-refractivity contribution is -0.385. The second kappa shape index (κ2) is 40.6. The topological polar surface area (TPSA) is 305 Å². The number of aromatic amines is 1. The maximum absolute atomic E-state index is 13.4. The Morgan fingerprint density at radius 2 is 0.687 bits per heavy atom. The van der Waals surface area contributed by atoms with Gasteiger partial charge in [-0.05, 0) is 272 Å². The number of benzene rings is 7. The number of fused-ring (bicyclic) bond motifs is 5. The molecule has 668 valence electrons. The number of ketones is 2. The molecule has 0 aliphatic rings. The van der Waals surface area contributed by atoms with Crippen LogP contribution >= 0.6 is 23.2 Å². The summed E-state index contributed by atoms with van der Waals surface area (Å²) in [6.07, 6.45) is 7.82. The second-order valence-electron chi connectivity index (χ2n) is 33.0. The molecule has 0 atom stereocenters. The van der Waals surface area contributed by atoms with Crippen LogP contribution in [-0.4, -0.2) is 81.4 Å². The van der Waals surface area contributed by atoms with Crippen LogP contribution in [-0.2, 0) is 61.7 Å². The molecule has 0 aliphatic carbocycles. The highest BCUT2D eigenvalue weighted by atomic mass is 35.5. The van der Waals surface area contributed by atoms with Crippen LogP contribution in [0.1, 0.15) is 112 Å². The highest BCUT2D eigenvalue weighted by molar-refractivity contribution is 6.34. The minimum Gasteiger partial charge on any atom is -0.397 e. The van der Waals surface area contributed by atoms with E-state index in [1.54, 1.807) is 122 Å². The van der Waals surface area contributed by atoms with Gasteiger partial charge in [-0.25, -0.2) is 46.9 Å². The fourth-order valence-electron chi connectivity index (χ4n) is 14.8. The molecule has 0 saturated heterocycles. The number of nitrogens with zero attached hydrogens (tertiary/aromatic N) is 11. The van der Waals surface area contributed by atoms with E-state index < -0.39 is 20.7 Å². The SMILES string of the molecule is CCn1c(-c2ccc(F)cc2)cc2cc(CC(=O)c3cc(CNC(=O)C(C)(C)C)ccc3Cl)cnc21.CCn1c(-c2ccc(F)cc2)cc2cc(CC(=O)c3cc(CNC(=O)C(C)(C)C)ccc3Cl)cnc21.CCn1c(-c2ccc(F)cc2)cc2cc(N)cnc21.CCn1c(-c2ccc(F)cc2)cc2cc([N+](=O)[O-])cnc21.O=[N+]([O-])c1cnc2[nH]c(-c3ccc(F)cc3)cc2c1. The Morgan fingerprint density at radius 1 is 0.382 bits per heavy atom. The van der Waals surface area contributed by atoms with Crippen LogP contribution in [0.25, 0.3) is 111 Å². The molecule has 10 heterocycles. The lowest BCUT2D eigenvalue weighted by Gasteiger charge is -2.18. The number of rotatable bonds is 21. The minimum absolute atomic E-state index is 0.0404. The van der Waals surface area contributed by atoms with Crippen LogP contribution in [0.2, 0.25) is 10.0 Å². The summed E-state index contributed by atoms with van der Waals surface area (Å²) in [5.41, 5.74) is 22.0. The van der Waals surface area contributed by atoms with Crippen LogP contribution in [0.5, 0.6) is 0 Å². The summed E-state index contributed by atoms with van der Waals surface area (Å²) >= 11 is 12.7. The van der Waals surface area contributed by atoms with E-state index in [0.717, 1.165) is 118 Å². The number of amides is 2. The number of pyridine rings is 5. The Labute approximate surface area is 760 Å². The van der Waals surface area contributed by atoms with Crippen molar-refractivity contribution in [3.05, 3.63) is 342 Å². The van der Waals surface area contributed by atoms with E-state index in [-0.39, 0.29) is 76.7 Å². The summed E-state index contributed by atoms with van der Waals surface area (Å²) in [7, 11) is 0. The van der Waals surface area contributed by atoms with Crippen molar-refractivity contribution in [1.29, 1.82) is 0 Å². The lowest BCUT2D eigenvalue weighted by atomic mass is 9.95. The Bertz CT molecular complexity index is 6900. The number of nitro groups is 2. The average molecular weight is 1810 g/mol. The smallest absolute Gasteiger partial charge is 0.288 e. The number of H-pyrrole nitrogens is 1. The third kappa shape index (κ3) is 22.4. The summed E-state index contributed by atoms with van der Waals surface area (Å²) in [5, 5.41) is 32.2. The molecule has 7 aromatic carbocycles. The Hall–Kier alpha value is -14.9. The molecule has 5 N–H and O–H groups in total. The summed E-state index contributed by atoms with van der Waals surface area (Å²) in [5.74, 6) is -1.79. The van der Waals surface area contributed by atoms with Gasteiger partial charge in [-0.15, -0.1) is 0 Å². The molecule has 0 aliphatic heterocycles. The van der Waals surface area contributed by atoms with Crippen molar-refractivity contribution < 1.29 is 51.0 Å². The first-order chi connectivity index (χ1) is 62.5. The van der Waals surface area contributed by atoms with Crippen LogP contribution < -0.4 is 16.4 Å². The third-order valence-corrected chi connectivity index (χ3v) is 22.2. The molecule has 2 amide bonds. The van der Waals surface area contributed by atoms with E-state index in [4.69, 9.17) is 28.9 Å². The normalized spacial score (nSPS) is 11.3. The highest BCUT2D eigenvalue weighted by Crippen LogP contribution is 2.36. The van der Waals surface area contributed by atoms with Gasteiger partial charge in [-0.1, -0.05) is 76.9 Å². The molecule has 0 bridgehead atoms. The molecular weight excluding hydrogens is 1720 g/mol. The monoisotopic (exact) mass is 1810 g/mol. The van der Waals surface area contributed by atoms with Crippen molar-refractivity contribution in [3.63, 3.8) is 0 Å². The van der Waals surface area contributed by atoms with Gasteiger partial charge in [0.15, 0.2) is 11.6 Å². The number of aryl methyl sites for hydroxylation is 4.